The first-order valence-corrected chi connectivity index (χ1v) is 4.69. The minimum atomic E-state index is -4.09. The van der Waals surface area contributed by atoms with Crippen LogP contribution in [0.5, 0.6) is 0 Å². The van der Waals surface area contributed by atoms with Crippen molar-refractivity contribution in [2.24, 2.45) is 0 Å². The molecule has 0 amide bonds. The highest BCUT2D eigenvalue weighted by Gasteiger charge is 2.40. The van der Waals surface area contributed by atoms with Crippen molar-refractivity contribution in [2.45, 2.75) is 12.3 Å². The maximum absolute atomic E-state index is 12.7. The summed E-state index contributed by atoms with van der Waals surface area (Å²) in [6, 6.07) is 1.54. The molecule has 4 nitrogen and oxygen atoms in total. The van der Waals surface area contributed by atoms with Crippen molar-refractivity contribution in [3.8, 4) is 0 Å². The van der Waals surface area contributed by atoms with Crippen LogP contribution in [0.1, 0.15) is 0 Å². The van der Waals surface area contributed by atoms with E-state index in [9.17, 15) is 17.6 Å². The van der Waals surface area contributed by atoms with Crippen LogP contribution in [0.2, 0.25) is 0 Å². The number of fused-ring (bicyclic) bond motifs is 1. The van der Waals surface area contributed by atoms with Gasteiger partial charge in [-0.25, -0.2) is 18.3 Å². The second-order valence-electron chi connectivity index (χ2n) is 3.35. The van der Waals surface area contributed by atoms with E-state index in [-0.39, 0.29) is 5.82 Å². The molecule has 0 aliphatic rings. The quantitative estimate of drug-likeness (QED) is 0.842. The number of aromatic nitrogens is 3. The van der Waals surface area contributed by atoms with E-state index in [2.05, 4.69) is 15.4 Å². The third kappa shape index (κ3) is 2.29. The summed E-state index contributed by atoms with van der Waals surface area (Å²) in [6.07, 6.45) is 0.599. The molecular formula is C9H8F4N4. The molecule has 0 bridgehead atoms. The zero-order valence-corrected chi connectivity index (χ0v) is 8.45. The lowest BCUT2D eigenvalue weighted by Gasteiger charge is -2.16. The van der Waals surface area contributed by atoms with Crippen molar-refractivity contribution in [1.29, 1.82) is 0 Å². The Kier molecular flexibility index (Phi) is 2.86. The number of alkyl halides is 4. The second-order valence-corrected chi connectivity index (χ2v) is 3.35. The van der Waals surface area contributed by atoms with Gasteiger partial charge in [-0.3, -0.25) is 0 Å². The summed E-state index contributed by atoms with van der Waals surface area (Å²) < 4.78 is 50.7. The summed E-state index contributed by atoms with van der Waals surface area (Å²) in [5, 5.41) is 6.05. The van der Waals surface area contributed by atoms with Crippen molar-refractivity contribution < 1.29 is 17.6 Å². The number of rotatable bonds is 4. The second kappa shape index (κ2) is 4.19. The Morgan fingerprint density at radius 3 is 2.82 bits per heavy atom. The van der Waals surface area contributed by atoms with Gasteiger partial charge in [0.05, 0.1) is 12.7 Å². The molecule has 17 heavy (non-hydrogen) atoms. The number of nitrogens with one attached hydrogen (secondary N) is 1. The van der Waals surface area contributed by atoms with Gasteiger partial charge in [0.1, 0.15) is 5.52 Å². The molecule has 2 rings (SSSR count). The van der Waals surface area contributed by atoms with Crippen LogP contribution in [0.15, 0.2) is 24.7 Å². The van der Waals surface area contributed by atoms with E-state index in [0.29, 0.717) is 5.52 Å². The van der Waals surface area contributed by atoms with Crippen molar-refractivity contribution >= 4 is 11.3 Å². The molecule has 1 N–H and O–H groups in total. The van der Waals surface area contributed by atoms with Crippen LogP contribution in [-0.2, 0) is 0 Å². The highest BCUT2D eigenvalue weighted by atomic mass is 19.3. The minimum Gasteiger partial charge on any atom is -0.362 e. The van der Waals surface area contributed by atoms with E-state index in [1.807, 2.05) is 0 Å². The van der Waals surface area contributed by atoms with Crippen LogP contribution in [0.3, 0.4) is 0 Å². The molecule has 0 fully saturated rings. The Labute approximate surface area is 93.3 Å². The molecule has 92 valence electrons. The number of hydrogen-bond acceptors (Lipinski definition) is 3. The Bertz CT molecular complexity index is 510. The van der Waals surface area contributed by atoms with Crippen LogP contribution >= 0.6 is 0 Å². The fourth-order valence-corrected chi connectivity index (χ4v) is 1.27. The van der Waals surface area contributed by atoms with Crippen LogP contribution in [0.25, 0.3) is 5.52 Å². The lowest BCUT2D eigenvalue weighted by Crippen LogP contribution is -2.35. The predicted octanol–water partition coefficient (Wildman–Crippen LogP) is 2.04. The highest BCUT2D eigenvalue weighted by molar-refractivity contribution is 5.66. The van der Waals surface area contributed by atoms with Gasteiger partial charge < -0.3 is 5.32 Å². The van der Waals surface area contributed by atoms with E-state index >= 15 is 0 Å². The van der Waals surface area contributed by atoms with Crippen LogP contribution in [-0.4, -0.2) is 33.5 Å². The summed E-state index contributed by atoms with van der Waals surface area (Å²) >= 11 is 0. The minimum absolute atomic E-state index is 0.0883. The van der Waals surface area contributed by atoms with Gasteiger partial charge in [-0.1, -0.05) is 0 Å². The normalized spacial score (nSPS) is 12.3. The molecule has 0 saturated heterocycles. The maximum Gasteiger partial charge on any atom is 0.324 e. The third-order valence-corrected chi connectivity index (χ3v) is 2.14. The predicted molar refractivity (Wildman–Crippen MR) is 52.4 cm³/mol. The molecule has 2 aromatic heterocycles. The Balaban J connectivity index is 2.17. The summed E-state index contributed by atoms with van der Waals surface area (Å²) in [4.78, 5) is 3.79. The van der Waals surface area contributed by atoms with Crippen molar-refractivity contribution in [1.82, 2.24) is 14.6 Å². The lowest BCUT2D eigenvalue weighted by atomic mass is 10.3. The molecule has 0 aliphatic carbocycles. The van der Waals surface area contributed by atoms with E-state index in [4.69, 9.17) is 0 Å². The van der Waals surface area contributed by atoms with Gasteiger partial charge in [0, 0.05) is 12.4 Å². The van der Waals surface area contributed by atoms with E-state index in [1.54, 1.807) is 0 Å². The number of halogens is 4. The molecule has 0 aromatic carbocycles. The van der Waals surface area contributed by atoms with Gasteiger partial charge in [-0.05, 0) is 6.07 Å². The first kappa shape index (κ1) is 11.6. The van der Waals surface area contributed by atoms with Gasteiger partial charge in [0.25, 0.3) is 0 Å². The fraction of sp³-hybridized carbons (Fsp3) is 0.333. The monoisotopic (exact) mass is 248 g/mol. The zero-order chi connectivity index (χ0) is 12.5. The topological polar surface area (TPSA) is 42.2 Å². The molecule has 0 aliphatic heterocycles. The largest absolute Gasteiger partial charge is 0.362 e. The Hall–Kier alpha value is -1.86. The van der Waals surface area contributed by atoms with Crippen molar-refractivity contribution in [2.75, 3.05) is 11.9 Å². The number of nitrogens with zero attached hydrogens (tertiary/aromatic N) is 3. The van der Waals surface area contributed by atoms with Crippen LogP contribution in [0.4, 0.5) is 23.4 Å². The molecule has 0 spiro atoms. The van der Waals surface area contributed by atoms with Gasteiger partial charge in [-0.2, -0.15) is 13.9 Å². The fourth-order valence-electron chi connectivity index (χ4n) is 1.27. The number of anilines is 1. The van der Waals surface area contributed by atoms with Gasteiger partial charge in [-0.15, -0.1) is 0 Å². The molecule has 0 atom stereocenters. The average Bonchev–Trinajstić information content (AvgIpc) is 2.74. The van der Waals surface area contributed by atoms with Crippen LogP contribution in [0, 0.1) is 0 Å². The molecule has 0 saturated carbocycles. The molecule has 8 heteroatoms. The standard InChI is InChI=1S/C9H8F4N4/c10-8(11)9(12,13)5-15-7-6-1-2-16-17(6)4-3-14-7/h1-4,8H,5H2,(H,14,15). The van der Waals surface area contributed by atoms with E-state index in [1.165, 1.54) is 29.2 Å². The lowest BCUT2D eigenvalue weighted by molar-refractivity contribution is -0.117. The molecule has 0 unspecified atom stereocenters. The summed E-state index contributed by atoms with van der Waals surface area (Å²) in [5.41, 5.74) is 0.442. The summed E-state index contributed by atoms with van der Waals surface area (Å²) in [7, 11) is 0. The molecule has 2 heterocycles. The highest BCUT2D eigenvalue weighted by Crippen LogP contribution is 2.23. The van der Waals surface area contributed by atoms with Gasteiger partial charge in [0.2, 0.25) is 0 Å². The Morgan fingerprint density at radius 1 is 1.35 bits per heavy atom. The molecule has 2 aromatic rings. The zero-order valence-electron chi connectivity index (χ0n) is 8.45. The summed E-state index contributed by atoms with van der Waals surface area (Å²) in [5.74, 6) is -4.00. The first-order chi connectivity index (χ1) is 8.00. The summed E-state index contributed by atoms with van der Waals surface area (Å²) in [6.45, 7) is -1.18. The molecular weight excluding hydrogens is 240 g/mol. The van der Waals surface area contributed by atoms with Gasteiger partial charge in [0.15, 0.2) is 5.82 Å². The maximum atomic E-state index is 12.7. The van der Waals surface area contributed by atoms with Gasteiger partial charge >= 0.3 is 12.3 Å². The first-order valence-electron chi connectivity index (χ1n) is 4.69. The van der Waals surface area contributed by atoms with E-state index < -0.39 is 18.9 Å². The van der Waals surface area contributed by atoms with E-state index in [0.717, 1.165) is 0 Å². The smallest absolute Gasteiger partial charge is 0.324 e. The SMILES string of the molecule is FC(F)C(F)(F)CNc1nccn2nccc12. The molecule has 0 radical (unpaired) electrons. The van der Waals surface area contributed by atoms with Crippen LogP contribution < -0.4 is 5.32 Å². The Morgan fingerprint density at radius 2 is 2.12 bits per heavy atom. The number of hydrogen-bond donors (Lipinski definition) is 1. The third-order valence-electron chi connectivity index (χ3n) is 2.14. The van der Waals surface area contributed by atoms with Crippen molar-refractivity contribution in [3.05, 3.63) is 24.7 Å². The van der Waals surface area contributed by atoms with Crippen molar-refractivity contribution in [3.63, 3.8) is 0 Å². The average molecular weight is 248 g/mol.